The van der Waals surface area contributed by atoms with Gasteiger partial charge >= 0.3 is 0 Å². The molecule has 17 heavy (non-hydrogen) atoms. The van der Waals surface area contributed by atoms with Crippen LogP contribution in [0.25, 0.3) is 0 Å². The first-order valence-electron chi connectivity index (χ1n) is 6.07. The second-order valence-electron chi connectivity index (χ2n) is 4.82. The lowest BCUT2D eigenvalue weighted by molar-refractivity contribution is -0.00715. The average Bonchev–Trinajstić information content (AvgIpc) is 2.33. The highest BCUT2D eigenvalue weighted by atomic mass is 16.3. The monoisotopic (exact) mass is 231 g/mol. The third-order valence-electron chi connectivity index (χ3n) is 3.61. The first-order valence-corrected chi connectivity index (χ1v) is 6.07. The fraction of sp³-hybridized carbons (Fsp3) is 0.500. The molecule has 2 N–H and O–H groups in total. The maximum Gasteiger partial charge on any atom is 0.115 e. The summed E-state index contributed by atoms with van der Waals surface area (Å²) in [6, 6.07) is 8.78. The molecule has 0 saturated heterocycles. The van der Waals surface area contributed by atoms with Crippen LogP contribution >= 0.6 is 0 Å². The Labute approximate surface area is 101 Å². The molecular formula is C14H17NO2. The molecule has 1 saturated carbocycles. The minimum atomic E-state index is -0.899. The highest BCUT2D eigenvalue weighted by Crippen LogP contribution is 2.39. The van der Waals surface area contributed by atoms with Gasteiger partial charge in [0.1, 0.15) is 5.75 Å². The Morgan fingerprint density at radius 1 is 1.12 bits per heavy atom. The summed E-state index contributed by atoms with van der Waals surface area (Å²) in [6.07, 6.45) is 4.47. The van der Waals surface area contributed by atoms with Crippen molar-refractivity contribution < 1.29 is 10.2 Å². The van der Waals surface area contributed by atoms with E-state index in [9.17, 15) is 15.5 Å². The van der Waals surface area contributed by atoms with E-state index in [0.717, 1.165) is 24.8 Å². The molecule has 1 aromatic carbocycles. The van der Waals surface area contributed by atoms with E-state index < -0.39 is 11.5 Å². The van der Waals surface area contributed by atoms with E-state index in [2.05, 4.69) is 6.07 Å². The Morgan fingerprint density at radius 3 is 2.24 bits per heavy atom. The Kier molecular flexibility index (Phi) is 3.35. The lowest BCUT2D eigenvalue weighted by Crippen LogP contribution is -2.37. The van der Waals surface area contributed by atoms with Gasteiger partial charge in [0.2, 0.25) is 0 Å². The third kappa shape index (κ3) is 2.42. The van der Waals surface area contributed by atoms with Gasteiger partial charge in [-0.15, -0.1) is 0 Å². The molecule has 0 aromatic heterocycles. The molecule has 1 unspecified atom stereocenters. The molecule has 1 aliphatic carbocycles. The second-order valence-corrected chi connectivity index (χ2v) is 4.82. The number of phenols is 1. The fourth-order valence-electron chi connectivity index (χ4n) is 2.62. The van der Waals surface area contributed by atoms with E-state index in [4.69, 9.17) is 0 Å². The number of nitrogens with zero attached hydrogens (tertiary/aromatic N) is 1. The lowest BCUT2D eigenvalue weighted by atomic mass is 9.73. The molecule has 1 aliphatic rings. The molecule has 90 valence electrons. The van der Waals surface area contributed by atoms with Gasteiger partial charge in [-0.1, -0.05) is 31.4 Å². The zero-order valence-corrected chi connectivity index (χ0v) is 9.76. The molecule has 2 rings (SSSR count). The van der Waals surface area contributed by atoms with E-state index in [1.807, 2.05) is 0 Å². The highest BCUT2D eigenvalue weighted by molar-refractivity contribution is 5.33. The van der Waals surface area contributed by atoms with Crippen molar-refractivity contribution in [3.05, 3.63) is 29.8 Å². The van der Waals surface area contributed by atoms with Crippen molar-refractivity contribution in [2.24, 2.45) is 0 Å². The van der Waals surface area contributed by atoms with E-state index >= 15 is 0 Å². The van der Waals surface area contributed by atoms with Crippen molar-refractivity contribution in [1.82, 2.24) is 0 Å². The number of phenolic OH excluding ortho intramolecular Hbond substituents is 1. The standard InChI is InChI=1S/C14H17NO2/c15-10-13(11-4-6-12(16)7-5-11)14(17)8-2-1-3-9-14/h4-7,13,16-17H,1-3,8-9H2. The first kappa shape index (κ1) is 11.9. The molecule has 0 aliphatic heterocycles. The van der Waals surface area contributed by atoms with Gasteiger partial charge in [-0.2, -0.15) is 5.26 Å². The van der Waals surface area contributed by atoms with Crippen LogP contribution in [-0.2, 0) is 0 Å². The van der Waals surface area contributed by atoms with E-state index in [1.54, 1.807) is 24.3 Å². The van der Waals surface area contributed by atoms with Gasteiger partial charge < -0.3 is 10.2 Å². The Morgan fingerprint density at radius 2 is 1.71 bits per heavy atom. The third-order valence-corrected chi connectivity index (χ3v) is 3.61. The zero-order chi connectivity index (χ0) is 12.3. The first-order chi connectivity index (χ1) is 8.15. The average molecular weight is 231 g/mol. The van der Waals surface area contributed by atoms with Crippen LogP contribution in [0.2, 0.25) is 0 Å². The summed E-state index contributed by atoms with van der Waals surface area (Å²) in [5.74, 6) is -0.315. The lowest BCUT2D eigenvalue weighted by Gasteiger charge is -2.36. The minimum absolute atomic E-state index is 0.182. The topological polar surface area (TPSA) is 64.2 Å². The second kappa shape index (κ2) is 4.77. The summed E-state index contributed by atoms with van der Waals surface area (Å²) in [4.78, 5) is 0. The van der Waals surface area contributed by atoms with Crippen LogP contribution in [0.1, 0.15) is 43.6 Å². The number of hydrogen-bond donors (Lipinski definition) is 2. The molecule has 0 radical (unpaired) electrons. The fourth-order valence-corrected chi connectivity index (χ4v) is 2.62. The minimum Gasteiger partial charge on any atom is -0.508 e. The number of nitriles is 1. The molecule has 0 amide bonds. The van der Waals surface area contributed by atoms with Crippen LogP contribution in [0.3, 0.4) is 0 Å². The summed E-state index contributed by atoms with van der Waals surface area (Å²) < 4.78 is 0. The highest BCUT2D eigenvalue weighted by Gasteiger charge is 2.38. The molecular weight excluding hydrogens is 214 g/mol. The van der Waals surface area contributed by atoms with Crippen LogP contribution < -0.4 is 0 Å². The van der Waals surface area contributed by atoms with Crippen LogP contribution in [-0.4, -0.2) is 15.8 Å². The van der Waals surface area contributed by atoms with Crippen LogP contribution in [0.4, 0.5) is 0 Å². The van der Waals surface area contributed by atoms with Crippen LogP contribution in [0.5, 0.6) is 5.75 Å². The van der Waals surface area contributed by atoms with Gasteiger partial charge in [-0.25, -0.2) is 0 Å². The van der Waals surface area contributed by atoms with Crippen molar-refractivity contribution in [3.8, 4) is 11.8 Å². The van der Waals surface area contributed by atoms with Crippen LogP contribution in [0, 0.1) is 11.3 Å². The number of hydrogen-bond acceptors (Lipinski definition) is 3. The van der Waals surface area contributed by atoms with Crippen LogP contribution in [0.15, 0.2) is 24.3 Å². The van der Waals surface area contributed by atoms with Gasteiger partial charge in [-0.05, 0) is 30.5 Å². The molecule has 0 heterocycles. The van der Waals surface area contributed by atoms with E-state index in [0.29, 0.717) is 12.8 Å². The number of aromatic hydroxyl groups is 1. The van der Waals surface area contributed by atoms with Crippen molar-refractivity contribution >= 4 is 0 Å². The summed E-state index contributed by atoms with van der Waals surface area (Å²) in [5, 5.41) is 29.1. The van der Waals surface area contributed by atoms with Gasteiger partial charge in [-0.3, -0.25) is 0 Å². The van der Waals surface area contributed by atoms with E-state index in [-0.39, 0.29) is 5.75 Å². The van der Waals surface area contributed by atoms with Gasteiger partial charge in [0.05, 0.1) is 17.6 Å². The molecule has 1 atom stereocenters. The summed E-state index contributed by atoms with van der Waals surface area (Å²) in [6.45, 7) is 0. The van der Waals surface area contributed by atoms with Crippen molar-refractivity contribution in [2.45, 2.75) is 43.6 Å². The molecule has 0 spiro atoms. The Hall–Kier alpha value is -1.53. The van der Waals surface area contributed by atoms with Crippen molar-refractivity contribution in [1.29, 1.82) is 5.26 Å². The molecule has 1 aromatic rings. The maximum atomic E-state index is 10.6. The number of benzene rings is 1. The number of aliphatic hydroxyl groups is 1. The van der Waals surface area contributed by atoms with Gasteiger partial charge in [0.15, 0.2) is 0 Å². The largest absolute Gasteiger partial charge is 0.508 e. The quantitative estimate of drug-likeness (QED) is 0.822. The predicted molar refractivity (Wildman–Crippen MR) is 64.5 cm³/mol. The van der Waals surface area contributed by atoms with E-state index in [1.165, 1.54) is 0 Å². The molecule has 0 bridgehead atoms. The maximum absolute atomic E-state index is 10.6. The summed E-state index contributed by atoms with van der Waals surface area (Å²) >= 11 is 0. The Balaban J connectivity index is 2.27. The van der Waals surface area contributed by atoms with Gasteiger partial charge in [0.25, 0.3) is 0 Å². The number of rotatable bonds is 2. The normalized spacial score (nSPS) is 20.5. The van der Waals surface area contributed by atoms with Gasteiger partial charge in [0, 0.05) is 0 Å². The SMILES string of the molecule is N#CC(c1ccc(O)cc1)C1(O)CCCCC1. The summed E-state index contributed by atoms with van der Waals surface area (Å²) in [7, 11) is 0. The van der Waals surface area contributed by atoms with Crippen molar-refractivity contribution in [2.75, 3.05) is 0 Å². The smallest absolute Gasteiger partial charge is 0.115 e. The molecule has 1 fully saturated rings. The summed E-state index contributed by atoms with van der Waals surface area (Å²) in [5.41, 5.74) is -0.112. The van der Waals surface area contributed by atoms with Crippen molar-refractivity contribution in [3.63, 3.8) is 0 Å². The zero-order valence-electron chi connectivity index (χ0n) is 9.76. The predicted octanol–water partition coefficient (Wildman–Crippen LogP) is 2.69. The molecule has 3 nitrogen and oxygen atoms in total. The molecule has 3 heteroatoms. The Bertz CT molecular complexity index is 413.